The van der Waals surface area contributed by atoms with Gasteiger partial charge in [-0.05, 0) is 63.0 Å². The smallest absolute Gasteiger partial charge is 0.0252 e. The molecule has 2 atom stereocenters. The number of hydrogen-bond acceptors (Lipinski definition) is 1. The van der Waals surface area contributed by atoms with Gasteiger partial charge in [0.2, 0.25) is 0 Å². The summed E-state index contributed by atoms with van der Waals surface area (Å²) in [5.41, 5.74) is 1.46. The molecule has 1 heteroatoms. The summed E-state index contributed by atoms with van der Waals surface area (Å²) in [6, 6.07) is 0. The molecule has 3 rings (SSSR count). The van der Waals surface area contributed by atoms with Crippen molar-refractivity contribution in [1.82, 2.24) is 0 Å². The first-order chi connectivity index (χ1) is 6.74. The molecule has 0 amide bonds. The van der Waals surface area contributed by atoms with Gasteiger partial charge in [0.15, 0.2) is 0 Å². The second-order valence-electron chi connectivity index (χ2n) is 5.12. The van der Waals surface area contributed by atoms with Crippen molar-refractivity contribution in [2.75, 3.05) is 0 Å². The monoisotopic (exact) mass is 191 g/mol. The van der Waals surface area contributed by atoms with E-state index in [1.165, 1.54) is 31.3 Å². The molecule has 78 valence electrons. The van der Waals surface area contributed by atoms with Crippen molar-refractivity contribution in [3.63, 3.8) is 0 Å². The lowest BCUT2D eigenvalue weighted by Gasteiger charge is -2.48. The summed E-state index contributed by atoms with van der Waals surface area (Å²) < 4.78 is 0. The predicted molar refractivity (Wildman–Crippen MR) is 61.4 cm³/mol. The maximum atomic E-state index is 3.92. The molecule has 0 saturated heterocycles. The molecule has 0 radical (unpaired) electrons. The molecule has 0 aromatic heterocycles. The number of hydrogen-bond donors (Lipinski definition) is 0. The fourth-order valence-corrected chi connectivity index (χ4v) is 3.77. The van der Waals surface area contributed by atoms with Gasteiger partial charge in [-0.3, -0.25) is 4.99 Å². The van der Waals surface area contributed by atoms with E-state index in [9.17, 15) is 0 Å². The Bertz CT molecular complexity index is 244. The van der Waals surface area contributed by atoms with Crippen molar-refractivity contribution in [3.05, 3.63) is 11.8 Å². The van der Waals surface area contributed by atoms with Crippen LogP contribution in [0.25, 0.3) is 0 Å². The topological polar surface area (TPSA) is 12.4 Å². The van der Waals surface area contributed by atoms with Crippen LogP contribution in [0.1, 0.15) is 39.5 Å². The van der Waals surface area contributed by atoms with E-state index in [1.807, 2.05) is 6.20 Å². The van der Waals surface area contributed by atoms with Gasteiger partial charge < -0.3 is 0 Å². The summed E-state index contributed by atoms with van der Waals surface area (Å²) in [5, 5.41) is 0. The first kappa shape index (κ1) is 9.95. The van der Waals surface area contributed by atoms with E-state index < -0.39 is 0 Å². The Morgan fingerprint density at radius 1 is 1.21 bits per heavy atom. The molecule has 2 bridgehead atoms. The highest BCUT2D eigenvalue weighted by Crippen LogP contribution is 2.51. The van der Waals surface area contributed by atoms with Crippen molar-refractivity contribution in [1.29, 1.82) is 0 Å². The number of aliphatic imine (C=N–C) groups is 1. The summed E-state index contributed by atoms with van der Waals surface area (Å²) in [4.78, 5) is 3.92. The zero-order chi connectivity index (χ0) is 10.1. The van der Waals surface area contributed by atoms with Crippen LogP contribution < -0.4 is 0 Å². The SMILES string of the molecule is C=N/C=C(/C)C1C2CCC(CC2)C1C. The van der Waals surface area contributed by atoms with Crippen LogP contribution in [0, 0.1) is 23.7 Å². The zero-order valence-corrected chi connectivity index (χ0v) is 9.37. The minimum Gasteiger partial charge on any atom is -0.273 e. The van der Waals surface area contributed by atoms with Crippen molar-refractivity contribution in [2.24, 2.45) is 28.7 Å². The van der Waals surface area contributed by atoms with Crippen LogP contribution in [0.4, 0.5) is 0 Å². The quantitative estimate of drug-likeness (QED) is 0.591. The van der Waals surface area contributed by atoms with Gasteiger partial charge in [0.05, 0.1) is 0 Å². The van der Waals surface area contributed by atoms with E-state index in [2.05, 4.69) is 25.6 Å². The maximum absolute atomic E-state index is 3.92. The van der Waals surface area contributed by atoms with Gasteiger partial charge in [0.25, 0.3) is 0 Å². The summed E-state index contributed by atoms with van der Waals surface area (Å²) in [7, 11) is 0. The normalized spacial score (nSPS) is 42.6. The van der Waals surface area contributed by atoms with Gasteiger partial charge in [-0.15, -0.1) is 0 Å². The molecule has 3 aliphatic rings. The van der Waals surface area contributed by atoms with E-state index in [-0.39, 0.29) is 0 Å². The first-order valence-electron chi connectivity index (χ1n) is 5.86. The fourth-order valence-electron chi connectivity index (χ4n) is 3.77. The van der Waals surface area contributed by atoms with Gasteiger partial charge in [-0.25, -0.2) is 0 Å². The lowest BCUT2D eigenvalue weighted by atomic mass is 9.57. The average molecular weight is 191 g/mol. The Hall–Kier alpha value is -0.590. The molecular weight excluding hydrogens is 170 g/mol. The van der Waals surface area contributed by atoms with Crippen molar-refractivity contribution in [2.45, 2.75) is 39.5 Å². The molecule has 1 nitrogen and oxygen atoms in total. The van der Waals surface area contributed by atoms with Crippen molar-refractivity contribution in [3.8, 4) is 0 Å². The van der Waals surface area contributed by atoms with Gasteiger partial charge >= 0.3 is 0 Å². The summed E-state index contributed by atoms with van der Waals surface area (Å²) in [5.74, 6) is 3.60. The Labute approximate surface area is 87.3 Å². The zero-order valence-electron chi connectivity index (χ0n) is 9.37. The predicted octanol–water partition coefficient (Wildman–Crippen LogP) is 3.66. The third kappa shape index (κ3) is 1.53. The highest BCUT2D eigenvalue weighted by Gasteiger charge is 2.41. The summed E-state index contributed by atoms with van der Waals surface area (Å²) in [6.45, 7) is 8.22. The van der Waals surface area contributed by atoms with Crippen LogP contribution in [-0.4, -0.2) is 6.72 Å². The highest BCUT2D eigenvalue weighted by molar-refractivity contribution is 5.27. The Balaban J connectivity index is 2.18. The first-order valence-corrected chi connectivity index (χ1v) is 5.86. The van der Waals surface area contributed by atoms with E-state index in [4.69, 9.17) is 0 Å². The third-order valence-electron chi connectivity index (χ3n) is 4.46. The van der Waals surface area contributed by atoms with Crippen LogP contribution in [0.5, 0.6) is 0 Å². The largest absolute Gasteiger partial charge is 0.273 e. The molecule has 3 aliphatic carbocycles. The fraction of sp³-hybridized carbons (Fsp3) is 0.769. The lowest BCUT2D eigenvalue weighted by Crippen LogP contribution is -2.39. The van der Waals surface area contributed by atoms with Crippen molar-refractivity contribution >= 4 is 6.72 Å². The van der Waals surface area contributed by atoms with Gasteiger partial charge in [0.1, 0.15) is 0 Å². The minimum atomic E-state index is 0.799. The molecular formula is C13H21N. The number of nitrogens with zero attached hydrogens (tertiary/aromatic N) is 1. The molecule has 0 aromatic carbocycles. The number of fused-ring (bicyclic) bond motifs is 3. The molecule has 2 unspecified atom stereocenters. The molecule has 0 heterocycles. The summed E-state index contributed by atoms with van der Waals surface area (Å²) in [6.07, 6.45) is 7.81. The van der Waals surface area contributed by atoms with Crippen molar-refractivity contribution < 1.29 is 0 Å². The third-order valence-corrected chi connectivity index (χ3v) is 4.46. The van der Waals surface area contributed by atoms with Crippen LogP contribution in [0.15, 0.2) is 16.8 Å². The maximum Gasteiger partial charge on any atom is 0.0252 e. The molecule has 0 aromatic rings. The summed E-state index contributed by atoms with van der Waals surface area (Å²) >= 11 is 0. The molecule has 0 aliphatic heterocycles. The molecule has 14 heavy (non-hydrogen) atoms. The highest BCUT2D eigenvalue weighted by atomic mass is 14.6. The van der Waals surface area contributed by atoms with Gasteiger partial charge in [-0.2, -0.15) is 0 Å². The molecule has 0 N–H and O–H groups in total. The Morgan fingerprint density at radius 3 is 2.29 bits per heavy atom. The standard InChI is InChI=1S/C13H21N/c1-9(8-14-3)13-10(2)11-4-6-12(13)7-5-11/h8,10-13H,3-7H2,1-2H3/b9-8-. The lowest BCUT2D eigenvalue weighted by molar-refractivity contribution is 0.0554. The van der Waals surface area contributed by atoms with Crippen LogP contribution in [0.3, 0.4) is 0 Å². The number of allylic oxidation sites excluding steroid dienone is 1. The molecule has 0 spiro atoms. The Kier molecular flexibility index (Phi) is 2.76. The van der Waals surface area contributed by atoms with Crippen LogP contribution in [0.2, 0.25) is 0 Å². The minimum absolute atomic E-state index is 0.799. The second-order valence-corrected chi connectivity index (χ2v) is 5.12. The molecule has 3 saturated carbocycles. The van der Waals surface area contributed by atoms with Crippen LogP contribution >= 0.6 is 0 Å². The van der Waals surface area contributed by atoms with Crippen LogP contribution in [-0.2, 0) is 0 Å². The van der Waals surface area contributed by atoms with E-state index in [1.54, 1.807) is 0 Å². The number of rotatable bonds is 2. The van der Waals surface area contributed by atoms with E-state index >= 15 is 0 Å². The van der Waals surface area contributed by atoms with E-state index in [0.717, 1.165) is 23.7 Å². The average Bonchev–Trinajstić information content (AvgIpc) is 2.19. The Morgan fingerprint density at radius 2 is 1.79 bits per heavy atom. The molecule has 3 fully saturated rings. The van der Waals surface area contributed by atoms with E-state index in [0.29, 0.717) is 0 Å². The van der Waals surface area contributed by atoms with Gasteiger partial charge in [-0.1, -0.05) is 12.5 Å². The second kappa shape index (κ2) is 3.88. The van der Waals surface area contributed by atoms with Gasteiger partial charge in [0, 0.05) is 6.20 Å².